The molecule has 28 heavy (non-hydrogen) atoms. The quantitative estimate of drug-likeness (QED) is 0.545. The van der Waals surface area contributed by atoms with Gasteiger partial charge in [0.15, 0.2) is 0 Å². The predicted molar refractivity (Wildman–Crippen MR) is 104 cm³/mol. The third-order valence-electron chi connectivity index (χ3n) is 4.09. The van der Waals surface area contributed by atoms with Crippen LogP contribution in [0.15, 0.2) is 48.5 Å². The van der Waals surface area contributed by atoms with Gasteiger partial charge >= 0.3 is 11.9 Å². The zero-order valence-corrected chi connectivity index (χ0v) is 16.3. The summed E-state index contributed by atoms with van der Waals surface area (Å²) in [5, 5.41) is 0.531. The minimum atomic E-state index is -1.01. The molecular weight excluding hydrogens is 408 g/mol. The van der Waals surface area contributed by atoms with Crippen LogP contribution in [0.25, 0.3) is 16.9 Å². The maximum absolute atomic E-state index is 15.5. The highest BCUT2D eigenvalue weighted by Gasteiger charge is 2.35. The van der Waals surface area contributed by atoms with E-state index in [0.717, 1.165) is 18.8 Å². The van der Waals surface area contributed by atoms with E-state index in [4.69, 9.17) is 27.9 Å². The lowest BCUT2D eigenvalue weighted by Gasteiger charge is -2.13. The van der Waals surface area contributed by atoms with Gasteiger partial charge in [0.1, 0.15) is 11.1 Å². The molecule has 1 aromatic heterocycles. The Kier molecular flexibility index (Phi) is 5.72. The Hall–Kier alpha value is -2.83. The van der Waals surface area contributed by atoms with Gasteiger partial charge in [-0.15, -0.1) is 0 Å². The summed E-state index contributed by atoms with van der Waals surface area (Å²) in [5.41, 5.74) is -0.109. The van der Waals surface area contributed by atoms with Crippen LogP contribution in [-0.4, -0.2) is 30.7 Å². The largest absolute Gasteiger partial charge is 0.465 e. The van der Waals surface area contributed by atoms with E-state index in [9.17, 15) is 9.59 Å². The van der Waals surface area contributed by atoms with Crippen molar-refractivity contribution < 1.29 is 23.5 Å². The molecular formula is C20H14Cl2FNO4. The fourth-order valence-corrected chi connectivity index (χ4v) is 3.39. The van der Waals surface area contributed by atoms with Gasteiger partial charge in [-0.1, -0.05) is 41.4 Å². The molecule has 0 amide bonds. The van der Waals surface area contributed by atoms with Gasteiger partial charge in [-0.25, -0.2) is 9.59 Å². The van der Waals surface area contributed by atoms with E-state index in [1.807, 2.05) is 0 Å². The lowest BCUT2D eigenvalue weighted by atomic mass is 10.0. The summed E-state index contributed by atoms with van der Waals surface area (Å²) >= 11 is 12.3. The summed E-state index contributed by atoms with van der Waals surface area (Å²) in [6.45, 7) is 0. The first-order chi connectivity index (χ1) is 13.4. The molecule has 144 valence electrons. The fourth-order valence-electron chi connectivity index (χ4n) is 2.89. The van der Waals surface area contributed by atoms with Crippen molar-refractivity contribution in [2.45, 2.75) is 0 Å². The number of para-hydroxylation sites is 1. The fraction of sp³-hybridized carbons (Fsp3) is 0.100. The summed E-state index contributed by atoms with van der Waals surface area (Å²) < 4.78 is 26.1. The van der Waals surface area contributed by atoms with Gasteiger partial charge in [0.2, 0.25) is 5.95 Å². The molecule has 0 spiro atoms. The van der Waals surface area contributed by atoms with Crippen molar-refractivity contribution in [1.82, 2.24) is 4.57 Å². The van der Waals surface area contributed by atoms with E-state index >= 15 is 4.39 Å². The highest BCUT2D eigenvalue weighted by molar-refractivity contribution is 6.36. The van der Waals surface area contributed by atoms with Crippen LogP contribution in [0.1, 0.15) is 20.7 Å². The molecule has 0 aliphatic rings. The number of methoxy groups -OCH3 is 2. The van der Waals surface area contributed by atoms with E-state index in [1.165, 1.54) is 12.1 Å². The third kappa shape index (κ3) is 3.37. The molecule has 0 unspecified atom stereocenters. The van der Waals surface area contributed by atoms with Crippen LogP contribution in [0.3, 0.4) is 0 Å². The SMILES string of the molecule is COC(=O)c1c(C(=O)OC)c(-c2ccc(Cl)cc2Cl)n(-c2ccccc2)c1F. The molecule has 3 aromatic rings. The number of hydrogen-bond acceptors (Lipinski definition) is 4. The number of esters is 2. The van der Waals surface area contributed by atoms with E-state index in [-0.39, 0.29) is 16.3 Å². The smallest absolute Gasteiger partial charge is 0.343 e. The summed E-state index contributed by atoms with van der Waals surface area (Å²) in [4.78, 5) is 24.9. The normalized spacial score (nSPS) is 10.6. The summed E-state index contributed by atoms with van der Waals surface area (Å²) in [7, 11) is 2.23. The number of rotatable bonds is 4. The van der Waals surface area contributed by atoms with Crippen LogP contribution in [0, 0.1) is 5.95 Å². The van der Waals surface area contributed by atoms with Crippen LogP contribution >= 0.6 is 23.2 Å². The Morgan fingerprint density at radius 2 is 1.54 bits per heavy atom. The predicted octanol–water partition coefficient (Wildman–Crippen LogP) is 5.16. The van der Waals surface area contributed by atoms with E-state index < -0.39 is 23.4 Å². The topological polar surface area (TPSA) is 57.5 Å². The first-order valence-corrected chi connectivity index (χ1v) is 8.78. The second-order valence-corrected chi connectivity index (χ2v) is 6.51. The number of ether oxygens (including phenoxy) is 2. The monoisotopic (exact) mass is 421 g/mol. The Balaban J connectivity index is 2.50. The number of carbonyl (C=O) groups excluding carboxylic acids is 2. The molecule has 0 atom stereocenters. The average Bonchev–Trinajstić information content (AvgIpc) is 3.00. The molecule has 8 heteroatoms. The van der Waals surface area contributed by atoms with Gasteiger partial charge in [0, 0.05) is 16.3 Å². The zero-order valence-electron chi connectivity index (χ0n) is 14.8. The lowest BCUT2D eigenvalue weighted by molar-refractivity contribution is 0.0553. The second-order valence-electron chi connectivity index (χ2n) is 5.67. The highest BCUT2D eigenvalue weighted by atomic mass is 35.5. The van der Waals surface area contributed by atoms with Crippen molar-refractivity contribution in [1.29, 1.82) is 0 Å². The first kappa shape index (κ1) is 19.9. The van der Waals surface area contributed by atoms with Crippen molar-refractivity contribution in [2.75, 3.05) is 14.2 Å². The van der Waals surface area contributed by atoms with E-state index in [1.54, 1.807) is 36.4 Å². The number of carbonyl (C=O) groups is 2. The number of nitrogens with zero attached hydrogens (tertiary/aromatic N) is 1. The van der Waals surface area contributed by atoms with Crippen LogP contribution in [0.2, 0.25) is 10.0 Å². The van der Waals surface area contributed by atoms with Crippen molar-refractivity contribution in [3.63, 3.8) is 0 Å². The van der Waals surface area contributed by atoms with Gasteiger partial charge in [-0.2, -0.15) is 4.39 Å². The Labute approximate surface area is 170 Å². The third-order valence-corrected chi connectivity index (χ3v) is 4.64. The van der Waals surface area contributed by atoms with Gasteiger partial charge < -0.3 is 9.47 Å². The molecule has 0 bridgehead atoms. The van der Waals surface area contributed by atoms with Crippen molar-refractivity contribution in [3.8, 4) is 16.9 Å². The van der Waals surface area contributed by atoms with Crippen LogP contribution < -0.4 is 0 Å². The summed E-state index contributed by atoms with van der Waals surface area (Å²) in [5.74, 6) is -2.90. The molecule has 1 heterocycles. The summed E-state index contributed by atoms with van der Waals surface area (Å²) in [6.07, 6.45) is 0. The maximum atomic E-state index is 15.5. The molecule has 0 saturated carbocycles. The van der Waals surface area contributed by atoms with Crippen molar-refractivity contribution in [3.05, 3.63) is 75.7 Å². The van der Waals surface area contributed by atoms with E-state index in [0.29, 0.717) is 16.3 Å². The van der Waals surface area contributed by atoms with Crippen molar-refractivity contribution >= 4 is 35.1 Å². The molecule has 2 aromatic carbocycles. The Morgan fingerprint density at radius 3 is 2.11 bits per heavy atom. The number of benzene rings is 2. The van der Waals surface area contributed by atoms with Crippen LogP contribution in [-0.2, 0) is 9.47 Å². The first-order valence-electron chi connectivity index (χ1n) is 8.02. The number of hydrogen-bond donors (Lipinski definition) is 0. The number of halogens is 3. The molecule has 3 rings (SSSR count). The van der Waals surface area contributed by atoms with E-state index in [2.05, 4.69) is 4.74 Å². The Bertz CT molecular complexity index is 1060. The highest BCUT2D eigenvalue weighted by Crippen LogP contribution is 2.39. The molecule has 5 nitrogen and oxygen atoms in total. The number of aromatic nitrogens is 1. The van der Waals surface area contributed by atoms with Gasteiger partial charge in [0.25, 0.3) is 0 Å². The molecule has 0 saturated heterocycles. The van der Waals surface area contributed by atoms with Gasteiger partial charge in [-0.05, 0) is 30.3 Å². The van der Waals surface area contributed by atoms with Crippen LogP contribution in [0.5, 0.6) is 0 Å². The minimum absolute atomic E-state index is 0.0533. The molecule has 0 aliphatic carbocycles. The molecule has 0 fully saturated rings. The average molecular weight is 422 g/mol. The van der Waals surface area contributed by atoms with Gasteiger partial charge in [-0.3, -0.25) is 4.57 Å². The summed E-state index contributed by atoms with van der Waals surface area (Å²) in [6, 6.07) is 12.9. The second kappa shape index (κ2) is 8.04. The van der Waals surface area contributed by atoms with Crippen molar-refractivity contribution in [2.24, 2.45) is 0 Å². The Morgan fingerprint density at radius 1 is 0.929 bits per heavy atom. The molecule has 0 aliphatic heterocycles. The zero-order chi connectivity index (χ0) is 20.4. The minimum Gasteiger partial charge on any atom is -0.465 e. The lowest BCUT2D eigenvalue weighted by Crippen LogP contribution is -2.11. The maximum Gasteiger partial charge on any atom is 0.343 e. The molecule has 0 radical (unpaired) electrons. The molecule has 0 N–H and O–H groups in total. The van der Waals surface area contributed by atoms with Gasteiger partial charge in [0.05, 0.1) is 24.9 Å². The standard InChI is InChI=1S/C20H14Cl2FNO4/c1-27-19(25)15-16(20(26)28-2)18(23)24(12-6-4-3-5-7-12)17(15)13-9-8-11(21)10-14(13)22/h3-10H,1-2H3. The van der Waals surface area contributed by atoms with Crippen LogP contribution in [0.4, 0.5) is 4.39 Å².